The fourth-order valence-corrected chi connectivity index (χ4v) is 2.65. The Balaban J connectivity index is 1.41. The summed E-state index contributed by atoms with van der Waals surface area (Å²) >= 11 is 1.51. The van der Waals surface area contributed by atoms with Crippen LogP contribution in [0.1, 0.15) is 30.4 Å². The van der Waals surface area contributed by atoms with Crippen LogP contribution in [0.3, 0.4) is 0 Å². The van der Waals surface area contributed by atoms with Gasteiger partial charge in [-0.05, 0) is 25.0 Å². The number of benzene rings is 1. The molecule has 1 saturated carbocycles. The van der Waals surface area contributed by atoms with Gasteiger partial charge in [0.15, 0.2) is 5.82 Å². The maximum atomic E-state index is 5.27. The van der Waals surface area contributed by atoms with Crippen molar-refractivity contribution in [2.45, 2.75) is 29.7 Å². The summed E-state index contributed by atoms with van der Waals surface area (Å²) < 4.78 is 5.27. The van der Waals surface area contributed by atoms with E-state index in [2.05, 4.69) is 25.3 Å². The Morgan fingerprint density at radius 2 is 2.05 bits per heavy atom. The first-order valence-electron chi connectivity index (χ1n) is 6.81. The molecule has 0 unspecified atom stereocenters. The van der Waals surface area contributed by atoms with E-state index in [9.17, 15) is 0 Å². The lowest BCUT2D eigenvalue weighted by Gasteiger charge is -1.91. The highest BCUT2D eigenvalue weighted by Gasteiger charge is 2.27. The number of aromatic amines is 1. The lowest BCUT2D eigenvalue weighted by atomic mass is 10.2. The van der Waals surface area contributed by atoms with Gasteiger partial charge in [-0.3, -0.25) is 5.10 Å². The summed E-state index contributed by atoms with van der Waals surface area (Å²) in [5.74, 6) is 3.37. The molecular weight excluding hydrogens is 286 g/mol. The van der Waals surface area contributed by atoms with Crippen LogP contribution in [0.2, 0.25) is 0 Å². The van der Waals surface area contributed by atoms with Gasteiger partial charge in [0.2, 0.25) is 5.16 Å². The van der Waals surface area contributed by atoms with Crippen LogP contribution >= 0.6 is 11.8 Å². The third-order valence-electron chi connectivity index (χ3n) is 3.27. The Hall–Kier alpha value is -2.15. The molecule has 106 valence electrons. The summed E-state index contributed by atoms with van der Waals surface area (Å²) in [6.45, 7) is 0. The van der Waals surface area contributed by atoms with Crippen molar-refractivity contribution in [3.05, 3.63) is 42.0 Å². The van der Waals surface area contributed by atoms with Gasteiger partial charge < -0.3 is 4.52 Å². The number of hydrogen-bond donors (Lipinski definition) is 1. The van der Waals surface area contributed by atoms with Crippen LogP contribution in [0.25, 0.3) is 11.5 Å². The number of aromatic nitrogens is 5. The van der Waals surface area contributed by atoms with Crippen molar-refractivity contribution in [3.63, 3.8) is 0 Å². The highest BCUT2D eigenvalue weighted by molar-refractivity contribution is 7.98. The van der Waals surface area contributed by atoms with Gasteiger partial charge >= 0.3 is 0 Å². The van der Waals surface area contributed by atoms with Gasteiger partial charge in [-0.25, -0.2) is 4.98 Å². The second-order valence-electron chi connectivity index (χ2n) is 4.95. The Morgan fingerprint density at radius 1 is 1.19 bits per heavy atom. The Kier molecular flexibility index (Phi) is 3.19. The van der Waals surface area contributed by atoms with E-state index < -0.39 is 0 Å². The number of nitrogens with one attached hydrogen (secondary N) is 1. The second-order valence-corrected chi connectivity index (χ2v) is 5.89. The molecule has 2 aromatic heterocycles. The smallest absolute Gasteiger partial charge is 0.257 e. The molecule has 0 bridgehead atoms. The average Bonchev–Trinajstić information content (AvgIpc) is 3.09. The molecule has 7 heteroatoms. The largest absolute Gasteiger partial charge is 0.334 e. The zero-order valence-corrected chi connectivity index (χ0v) is 12.0. The van der Waals surface area contributed by atoms with Crippen LogP contribution in [0.5, 0.6) is 0 Å². The van der Waals surface area contributed by atoms with Gasteiger partial charge in [0, 0.05) is 11.5 Å². The molecule has 0 amide bonds. The van der Waals surface area contributed by atoms with Crippen molar-refractivity contribution in [3.8, 4) is 11.5 Å². The van der Waals surface area contributed by atoms with Crippen molar-refractivity contribution in [1.82, 2.24) is 25.3 Å². The molecule has 0 radical (unpaired) electrons. The molecule has 6 nitrogen and oxygen atoms in total. The average molecular weight is 299 g/mol. The molecule has 1 aliphatic carbocycles. The molecule has 1 aromatic carbocycles. The monoisotopic (exact) mass is 299 g/mol. The number of nitrogens with zero attached hydrogens (tertiary/aromatic N) is 4. The van der Waals surface area contributed by atoms with E-state index in [1.165, 1.54) is 24.6 Å². The molecule has 21 heavy (non-hydrogen) atoms. The third kappa shape index (κ3) is 2.82. The molecule has 0 aliphatic heterocycles. The minimum Gasteiger partial charge on any atom is -0.334 e. The molecule has 0 saturated heterocycles. The zero-order valence-electron chi connectivity index (χ0n) is 11.2. The molecule has 0 atom stereocenters. The number of hydrogen-bond acceptors (Lipinski definition) is 6. The summed E-state index contributed by atoms with van der Waals surface area (Å²) in [6.07, 6.45) is 2.43. The van der Waals surface area contributed by atoms with Crippen LogP contribution in [0, 0.1) is 0 Å². The minimum absolute atomic E-state index is 0.542. The summed E-state index contributed by atoms with van der Waals surface area (Å²) in [7, 11) is 0. The maximum Gasteiger partial charge on any atom is 0.257 e. The van der Waals surface area contributed by atoms with Gasteiger partial charge in [-0.15, -0.1) is 5.10 Å². The zero-order chi connectivity index (χ0) is 14.1. The second kappa shape index (κ2) is 5.33. The standard InChI is InChI=1S/C14H13N5OS/c1-2-4-10(5-3-1)13-15-11(19-20-13)8-21-14-16-12(17-18-14)9-6-7-9/h1-5,9H,6-8H2,(H,16,17,18). The van der Waals surface area contributed by atoms with Crippen LogP contribution in [-0.4, -0.2) is 25.3 Å². The lowest BCUT2D eigenvalue weighted by molar-refractivity contribution is 0.425. The van der Waals surface area contributed by atoms with Crippen molar-refractivity contribution < 1.29 is 4.52 Å². The van der Waals surface area contributed by atoms with Gasteiger partial charge in [0.1, 0.15) is 5.82 Å². The van der Waals surface area contributed by atoms with Crippen molar-refractivity contribution in [2.24, 2.45) is 0 Å². The van der Waals surface area contributed by atoms with Gasteiger partial charge in [0.05, 0.1) is 5.75 Å². The van der Waals surface area contributed by atoms with Crippen molar-refractivity contribution >= 4 is 11.8 Å². The van der Waals surface area contributed by atoms with E-state index in [-0.39, 0.29) is 0 Å². The quantitative estimate of drug-likeness (QED) is 0.729. The number of thioether (sulfide) groups is 1. The maximum absolute atomic E-state index is 5.27. The Labute approximate surface area is 125 Å². The number of H-pyrrole nitrogens is 1. The van der Waals surface area contributed by atoms with Crippen LogP contribution in [-0.2, 0) is 5.75 Å². The summed E-state index contributed by atoms with van der Waals surface area (Å²) in [5.41, 5.74) is 0.926. The van der Waals surface area contributed by atoms with E-state index in [0.29, 0.717) is 23.4 Å². The van der Waals surface area contributed by atoms with E-state index in [4.69, 9.17) is 4.52 Å². The third-order valence-corrected chi connectivity index (χ3v) is 4.11. The van der Waals surface area contributed by atoms with E-state index in [0.717, 1.165) is 16.5 Å². The Morgan fingerprint density at radius 3 is 2.86 bits per heavy atom. The topological polar surface area (TPSA) is 80.5 Å². The number of rotatable bonds is 5. The fourth-order valence-electron chi connectivity index (χ4n) is 2.00. The van der Waals surface area contributed by atoms with Crippen molar-refractivity contribution in [2.75, 3.05) is 0 Å². The highest BCUT2D eigenvalue weighted by atomic mass is 32.2. The Bertz CT molecular complexity index is 735. The summed E-state index contributed by atoms with van der Waals surface area (Å²) in [6, 6.07) is 9.74. The molecule has 2 heterocycles. The van der Waals surface area contributed by atoms with Gasteiger partial charge in [-0.1, -0.05) is 35.1 Å². The minimum atomic E-state index is 0.542. The summed E-state index contributed by atoms with van der Waals surface area (Å²) in [4.78, 5) is 8.85. The first-order chi connectivity index (χ1) is 10.4. The highest BCUT2D eigenvalue weighted by Crippen LogP contribution is 2.38. The predicted molar refractivity (Wildman–Crippen MR) is 77.7 cm³/mol. The van der Waals surface area contributed by atoms with Crippen molar-refractivity contribution in [1.29, 1.82) is 0 Å². The summed E-state index contributed by atoms with van der Waals surface area (Å²) in [5, 5.41) is 11.9. The molecule has 1 fully saturated rings. The van der Waals surface area contributed by atoms with E-state index in [1.54, 1.807) is 0 Å². The molecule has 3 aromatic rings. The van der Waals surface area contributed by atoms with Gasteiger partial charge in [-0.2, -0.15) is 4.98 Å². The molecule has 1 N–H and O–H groups in total. The van der Waals surface area contributed by atoms with Crippen LogP contribution in [0.4, 0.5) is 0 Å². The van der Waals surface area contributed by atoms with Crippen LogP contribution in [0.15, 0.2) is 40.0 Å². The molecular formula is C14H13N5OS. The van der Waals surface area contributed by atoms with E-state index >= 15 is 0 Å². The molecule has 4 rings (SSSR count). The van der Waals surface area contributed by atoms with Gasteiger partial charge in [0.25, 0.3) is 5.89 Å². The first kappa shape index (κ1) is 12.6. The molecule has 1 aliphatic rings. The molecule has 0 spiro atoms. The SMILES string of the molecule is c1ccc(-c2nc(CSc3n[nH]c(C4CC4)n3)no2)cc1. The van der Waals surface area contributed by atoms with Crippen LogP contribution < -0.4 is 0 Å². The van der Waals surface area contributed by atoms with E-state index in [1.807, 2.05) is 30.3 Å². The predicted octanol–water partition coefficient (Wildman–Crippen LogP) is 3.02. The normalized spacial score (nSPS) is 14.5. The first-order valence-corrected chi connectivity index (χ1v) is 7.80. The lowest BCUT2D eigenvalue weighted by Crippen LogP contribution is -1.85. The fraction of sp³-hybridized carbons (Fsp3) is 0.286.